The summed E-state index contributed by atoms with van der Waals surface area (Å²) in [7, 11) is 0. The monoisotopic (exact) mass is 809 g/mol. The molecular weight excluding hydrogens is 775 g/mol. The minimum Gasteiger partial charge on any atom is -0.456 e. The Labute approximate surface area is 362 Å². The maximum absolute atomic E-state index is 6.59. The van der Waals surface area contributed by atoms with Crippen LogP contribution in [0.1, 0.15) is 0 Å². The van der Waals surface area contributed by atoms with Crippen molar-refractivity contribution in [2.24, 2.45) is 0 Å². The highest BCUT2D eigenvalue weighted by atomic mass is 32.1. The van der Waals surface area contributed by atoms with Gasteiger partial charge in [0.05, 0.1) is 0 Å². The van der Waals surface area contributed by atoms with Gasteiger partial charge in [-0.05, 0) is 87.0 Å². The Bertz CT molecular complexity index is 3530. The Morgan fingerprint density at radius 1 is 0.290 bits per heavy atom. The van der Waals surface area contributed by atoms with Gasteiger partial charge in [-0.25, -0.2) is 15.0 Å². The first-order chi connectivity index (χ1) is 30.7. The summed E-state index contributed by atoms with van der Waals surface area (Å²) in [6.07, 6.45) is 0. The van der Waals surface area contributed by atoms with Crippen LogP contribution in [0.5, 0.6) is 0 Å². The molecule has 0 spiro atoms. The first-order valence-electron chi connectivity index (χ1n) is 20.7. The lowest BCUT2D eigenvalue weighted by atomic mass is 9.96. The maximum atomic E-state index is 6.59. The smallest absolute Gasteiger partial charge is 0.164 e. The zero-order valence-corrected chi connectivity index (χ0v) is 34.2. The molecule has 5 heteroatoms. The number of thiophene rings is 1. The molecular formula is C57H35N3OS. The first-order valence-corrected chi connectivity index (χ1v) is 21.6. The Kier molecular flexibility index (Phi) is 8.65. The van der Waals surface area contributed by atoms with Gasteiger partial charge in [-0.3, -0.25) is 0 Å². The summed E-state index contributed by atoms with van der Waals surface area (Å²) < 4.78 is 9.13. The molecule has 0 aliphatic carbocycles. The molecule has 4 nitrogen and oxygen atoms in total. The van der Waals surface area contributed by atoms with E-state index < -0.39 is 0 Å². The average Bonchev–Trinajstić information content (AvgIpc) is 3.93. The summed E-state index contributed by atoms with van der Waals surface area (Å²) in [5, 5.41) is 4.51. The third kappa shape index (κ3) is 6.35. The summed E-state index contributed by atoms with van der Waals surface area (Å²) in [6.45, 7) is 0. The molecule has 0 saturated heterocycles. The summed E-state index contributed by atoms with van der Waals surface area (Å²) in [6, 6.07) is 74.5. The van der Waals surface area contributed by atoms with E-state index in [-0.39, 0.29) is 0 Å². The SMILES string of the molecule is c1ccc(-c2cccc(-c3nc(-c4cccc(-c5ccccc5)c4)nc(-c4cccc5oc6ccc(-c7cccc8sc9cc(-c%10ccccc%10)ccc9c78)cc6c45)n3)c2)cc1. The van der Waals surface area contributed by atoms with Gasteiger partial charge in [-0.2, -0.15) is 0 Å². The van der Waals surface area contributed by atoms with Crippen molar-refractivity contribution in [3.8, 4) is 78.7 Å². The van der Waals surface area contributed by atoms with Gasteiger partial charge in [0.2, 0.25) is 0 Å². The van der Waals surface area contributed by atoms with E-state index in [1.54, 1.807) is 0 Å². The quantitative estimate of drug-likeness (QED) is 0.161. The van der Waals surface area contributed by atoms with E-state index in [1.165, 1.54) is 36.9 Å². The molecule has 3 aromatic heterocycles. The molecule has 12 rings (SSSR count). The van der Waals surface area contributed by atoms with Gasteiger partial charge in [0, 0.05) is 47.6 Å². The fraction of sp³-hybridized carbons (Fsp3) is 0. The van der Waals surface area contributed by atoms with E-state index in [2.05, 4.69) is 188 Å². The number of aromatic nitrogens is 3. The van der Waals surface area contributed by atoms with Gasteiger partial charge in [0.15, 0.2) is 17.5 Å². The van der Waals surface area contributed by atoms with E-state index in [9.17, 15) is 0 Å². The van der Waals surface area contributed by atoms with Crippen molar-refractivity contribution in [1.82, 2.24) is 15.0 Å². The minimum atomic E-state index is 0.582. The standard InChI is InChI=1S/C57H35N3OS/c1-4-14-36(15-5-1)39-20-10-22-43(32-39)55-58-56(44-23-11-21-40(33-44)37-16-6-2-7-17-37)60-57(59-55)47-25-12-26-50-53(47)48-34-42(29-31-49(48)61-50)45-24-13-27-51-54(45)46-30-28-41(35-52(46)62-51)38-18-8-3-9-19-38/h1-35H. The van der Waals surface area contributed by atoms with Crippen molar-refractivity contribution in [2.75, 3.05) is 0 Å². The maximum Gasteiger partial charge on any atom is 0.164 e. The molecule has 9 aromatic carbocycles. The van der Waals surface area contributed by atoms with Crippen LogP contribution < -0.4 is 0 Å². The Morgan fingerprint density at radius 2 is 0.806 bits per heavy atom. The number of hydrogen-bond donors (Lipinski definition) is 0. The van der Waals surface area contributed by atoms with Crippen LogP contribution in [0.2, 0.25) is 0 Å². The van der Waals surface area contributed by atoms with Crippen LogP contribution in [-0.4, -0.2) is 15.0 Å². The molecule has 12 aromatic rings. The lowest BCUT2D eigenvalue weighted by molar-refractivity contribution is 0.669. The predicted molar refractivity (Wildman–Crippen MR) is 258 cm³/mol. The van der Waals surface area contributed by atoms with Gasteiger partial charge in [0.25, 0.3) is 0 Å². The summed E-state index contributed by atoms with van der Waals surface area (Å²) in [5.41, 5.74) is 13.5. The lowest BCUT2D eigenvalue weighted by Gasteiger charge is -2.11. The van der Waals surface area contributed by atoms with Gasteiger partial charge >= 0.3 is 0 Å². The summed E-state index contributed by atoms with van der Waals surface area (Å²) >= 11 is 1.84. The first kappa shape index (κ1) is 35.9. The topological polar surface area (TPSA) is 51.8 Å². The molecule has 0 bridgehead atoms. The molecule has 290 valence electrons. The summed E-state index contributed by atoms with van der Waals surface area (Å²) in [5.74, 6) is 1.79. The van der Waals surface area contributed by atoms with Gasteiger partial charge in [-0.15, -0.1) is 11.3 Å². The zero-order valence-electron chi connectivity index (χ0n) is 33.4. The van der Waals surface area contributed by atoms with Crippen molar-refractivity contribution in [3.05, 3.63) is 212 Å². The lowest BCUT2D eigenvalue weighted by Crippen LogP contribution is -2.00. The Morgan fingerprint density at radius 3 is 1.45 bits per heavy atom. The average molecular weight is 810 g/mol. The highest BCUT2D eigenvalue weighted by Crippen LogP contribution is 2.44. The van der Waals surface area contributed by atoms with Gasteiger partial charge < -0.3 is 4.42 Å². The molecule has 0 amide bonds. The second kappa shape index (κ2) is 14.9. The molecule has 0 N–H and O–H groups in total. The number of benzene rings is 9. The fourth-order valence-electron chi connectivity index (χ4n) is 8.75. The van der Waals surface area contributed by atoms with Crippen molar-refractivity contribution in [1.29, 1.82) is 0 Å². The molecule has 0 atom stereocenters. The van der Waals surface area contributed by atoms with Crippen LogP contribution in [0.15, 0.2) is 217 Å². The van der Waals surface area contributed by atoms with Crippen molar-refractivity contribution in [2.45, 2.75) is 0 Å². The molecule has 0 aliphatic rings. The predicted octanol–water partition coefficient (Wildman–Crippen LogP) is 15.8. The van der Waals surface area contributed by atoms with E-state index in [4.69, 9.17) is 19.4 Å². The molecule has 0 radical (unpaired) electrons. The third-order valence-electron chi connectivity index (χ3n) is 11.7. The van der Waals surface area contributed by atoms with E-state index in [0.29, 0.717) is 17.5 Å². The molecule has 0 aliphatic heterocycles. The van der Waals surface area contributed by atoms with Crippen LogP contribution in [0, 0.1) is 0 Å². The molecule has 0 fully saturated rings. The van der Waals surface area contributed by atoms with Crippen LogP contribution >= 0.6 is 11.3 Å². The molecule has 3 heterocycles. The minimum absolute atomic E-state index is 0.582. The highest BCUT2D eigenvalue weighted by Gasteiger charge is 2.20. The fourth-order valence-corrected chi connectivity index (χ4v) is 9.92. The van der Waals surface area contributed by atoms with Crippen molar-refractivity contribution < 1.29 is 4.42 Å². The Hall–Kier alpha value is -7.99. The van der Waals surface area contributed by atoms with E-state index in [1.807, 2.05) is 35.6 Å². The van der Waals surface area contributed by atoms with Crippen molar-refractivity contribution in [3.63, 3.8) is 0 Å². The second-order valence-electron chi connectivity index (χ2n) is 15.5. The molecule has 0 unspecified atom stereocenters. The normalized spacial score (nSPS) is 11.5. The van der Waals surface area contributed by atoms with E-state index in [0.717, 1.165) is 66.4 Å². The number of furan rings is 1. The van der Waals surface area contributed by atoms with Crippen LogP contribution in [0.25, 0.3) is 121 Å². The second-order valence-corrected chi connectivity index (χ2v) is 16.6. The Balaban J connectivity index is 1.03. The zero-order chi connectivity index (χ0) is 41.0. The molecule has 62 heavy (non-hydrogen) atoms. The number of hydrogen-bond acceptors (Lipinski definition) is 5. The number of fused-ring (bicyclic) bond motifs is 6. The van der Waals surface area contributed by atoms with E-state index >= 15 is 0 Å². The third-order valence-corrected chi connectivity index (χ3v) is 12.9. The van der Waals surface area contributed by atoms with Crippen molar-refractivity contribution >= 4 is 53.4 Å². The summed E-state index contributed by atoms with van der Waals surface area (Å²) in [4.78, 5) is 15.7. The van der Waals surface area contributed by atoms with Crippen LogP contribution in [0.3, 0.4) is 0 Å². The number of nitrogens with zero attached hydrogens (tertiary/aromatic N) is 3. The van der Waals surface area contributed by atoms with Crippen LogP contribution in [0.4, 0.5) is 0 Å². The molecule has 0 saturated carbocycles. The van der Waals surface area contributed by atoms with Crippen LogP contribution in [-0.2, 0) is 0 Å². The highest BCUT2D eigenvalue weighted by molar-refractivity contribution is 7.26. The number of rotatable bonds is 7. The van der Waals surface area contributed by atoms with Gasteiger partial charge in [0.1, 0.15) is 11.2 Å². The van der Waals surface area contributed by atoms with Gasteiger partial charge in [-0.1, -0.05) is 170 Å². The largest absolute Gasteiger partial charge is 0.456 e.